The Hall–Kier alpha value is -2.41. The Morgan fingerprint density at radius 2 is 1.77 bits per heavy atom. The van der Waals surface area contributed by atoms with Gasteiger partial charge in [-0.2, -0.15) is 0 Å². The van der Waals surface area contributed by atoms with Crippen molar-refractivity contribution >= 4 is 23.3 Å². The number of carbonyl (C=O) groups excluding carboxylic acids is 2. The zero-order valence-corrected chi connectivity index (χ0v) is 19.8. The molecule has 0 bridgehead atoms. The van der Waals surface area contributed by atoms with Crippen molar-refractivity contribution in [3.63, 3.8) is 0 Å². The van der Waals surface area contributed by atoms with Crippen LogP contribution in [0.1, 0.15) is 52.1 Å². The first-order valence-electron chi connectivity index (χ1n) is 10.2. The van der Waals surface area contributed by atoms with Gasteiger partial charge in [-0.25, -0.2) is 9.78 Å². The van der Waals surface area contributed by atoms with E-state index < -0.39 is 17.2 Å². The number of rotatable bonds is 7. The first-order valence-corrected chi connectivity index (χ1v) is 11.1. The van der Waals surface area contributed by atoms with Gasteiger partial charge in [0.1, 0.15) is 5.60 Å². The first-order chi connectivity index (χ1) is 13.9. The van der Waals surface area contributed by atoms with E-state index in [0.717, 1.165) is 21.8 Å². The first kappa shape index (κ1) is 23.9. The van der Waals surface area contributed by atoms with Gasteiger partial charge in [0.05, 0.1) is 22.7 Å². The summed E-state index contributed by atoms with van der Waals surface area (Å²) in [5.41, 5.74) is 1.76. The summed E-state index contributed by atoms with van der Waals surface area (Å²) >= 11 is 1.62. The van der Waals surface area contributed by atoms with E-state index in [-0.39, 0.29) is 24.8 Å². The molecule has 0 aliphatic carbocycles. The molecule has 0 spiro atoms. The number of nitrogens with one attached hydrogen (secondary N) is 2. The van der Waals surface area contributed by atoms with Crippen molar-refractivity contribution < 1.29 is 14.3 Å². The third-order valence-corrected chi connectivity index (χ3v) is 5.70. The molecule has 1 atom stereocenters. The third kappa shape index (κ3) is 7.13. The van der Waals surface area contributed by atoms with E-state index in [1.165, 1.54) is 0 Å². The van der Waals surface area contributed by atoms with Gasteiger partial charge in [-0.1, -0.05) is 38.1 Å². The number of hydrogen-bond donors (Lipinski definition) is 2. The summed E-state index contributed by atoms with van der Waals surface area (Å²) in [7, 11) is 0. The topological polar surface area (TPSA) is 80.3 Å². The predicted octanol–water partition coefficient (Wildman–Crippen LogP) is 4.72. The minimum atomic E-state index is -0.591. The molecule has 1 aromatic heterocycles. The monoisotopic (exact) mass is 431 g/mol. The number of aryl methyl sites for hydroxylation is 1. The number of carbonyl (C=O) groups is 2. The van der Waals surface area contributed by atoms with Crippen LogP contribution < -0.4 is 10.6 Å². The molecule has 2 rings (SSSR count). The Labute approximate surface area is 183 Å². The summed E-state index contributed by atoms with van der Waals surface area (Å²) in [6.07, 6.45) is -0.220. The second-order valence-corrected chi connectivity index (χ2v) is 10.2. The molecule has 1 unspecified atom stereocenters. The summed E-state index contributed by atoms with van der Waals surface area (Å²) in [6.45, 7) is 13.7. The zero-order chi connectivity index (χ0) is 22.5. The molecule has 6 nitrogen and oxygen atoms in total. The lowest BCUT2D eigenvalue weighted by Gasteiger charge is -2.35. The Bertz CT molecular complexity index is 869. The van der Waals surface area contributed by atoms with Gasteiger partial charge in [-0.05, 0) is 46.1 Å². The van der Waals surface area contributed by atoms with E-state index >= 15 is 0 Å². The van der Waals surface area contributed by atoms with E-state index in [9.17, 15) is 9.59 Å². The highest BCUT2D eigenvalue weighted by atomic mass is 32.1. The van der Waals surface area contributed by atoms with Crippen molar-refractivity contribution in [2.75, 3.05) is 6.54 Å². The van der Waals surface area contributed by atoms with Crippen LogP contribution in [0.4, 0.5) is 4.79 Å². The van der Waals surface area contributed by atoms with Crippen LogP contribution in [0.15, 0.2) is 29.6 Å². The van der Waals surface area contributed by atoms with Crippen molar-refractivity contribution in [3.8, 4) is 11.3 Å². The lowest BCUT2D eigenvalue weighted by Crippen LogP contribution is -2.57. The molecule has 1 aromatic carbocycles. The highest BCUT2D eigenvalue weighted by molar-refractivity contribution is 7.09. The highest BCUT2D eigenvalue weighted by Crippen LogP contribution is 2.22. The van der Waals surface area contributed by atoms with Crippen molar-refractivity contribution in [1.29, 1.82) is 0 Å². The average Bonchev–Trinajstić information content (AvgIpc) is 3.05. The van der Waals surface area contributed by atoms with E-state index in [1.807, 2.05) is 78.1 Å². The molecular weight excluding hydrogens is 398 g/mol. The molecule has 0 saturated heterocycles. The quantitative estimate of drug-likeness (QED) is 0.665. The predicted molar refractivity (Wildman–Crippen MR) is 122 cm³/mol. The fourth-order valence-electron chi connectivity index (χ4n) is 2.80. The van der Waals surface area contributed by atoms with E-state index in [0.29, 0.717) is 0 Å². The van der Waals surface area contributed by atoms with Crippen LogP contribution in [0.2, 0.25) is 0 Å². The van der Waals surface area contributed by atoms with Crippen molar-refractivity contribution in [1.82, 2.24) is 15.6 Å². The minimum Gasteiger partial charge on any atom is -0.444 e. The number of hydrogen-bond acceptors (Lipinski definition) is 5. The molecule has 0 radical (unpaired) electrons. The van der Waals surface area contributed by atoms with Crippen LogP contribution in [-0.2, 0) is 16.0 Å². The van der Waals surface area contributed by atoms with Gasteiger partial charge in [0.25, 0.3) is 0 Å². The summed E-state index contributed by atoms with van der Waals surface area (Å²) in [5, 5.41) is 8.93. The van der Waals surface area contributed by atoms with Gasteiger partial charge in [-0.15, -0.1) is 11.3 Å². The number of thiazole rings is 1. The van der Waals surface area contributed by atoms with E-state index in [1.54, 1.807) is 11.3 Å². The van der Waals surface area contributed by atoms with Crippen molar-refractivity contribution in [2.24, 2.45) is 5.92 Å². The maximum Gasteiger partial charge on any atom is 0.407 e. The normalized spacial score (nSPS) is 13.6. The van der Waals surface area contributed by atoms with Crippen LogP contribution in [-0.4, -0.2) is 34.7 Å². The molecule has 30 heavy (non-hydrogen) atoms. The SMILES string of the molecule is Cc1nc(-c2ccc(CC(=O)NC(C)(CNC(=O)OC(C)(C)C)C(C)C)cc2)cs1. The van der Waals surface area contributed by atoms with Crippen LogP contribution in [0.3, 0.4) is 0 Å². The Kier molecular flexibility index (Phi) is 7.64. The van der Waals surface area contributed by atoms with Crippen molar-refractivity contribution in [2.45, 2.75) is 66.0 Å². The maximum atomic E-state index is 12.7. The number of alkyl carbamates (subject to hydrolysis) is 1. The molecule has 164 valence electrons. The molecule has 0 aliphatic heterocycles. The van der Waals surface area contributed by atoms with Crippen LogP contribution in [0.5, 0.6) is 0 Å². The van der Waals surface area contributed by atoms with Crippen LogP contribution >= 0.6 is 11.3 Å². The standard InChI is InChI=1S/C23H33N3O3S/c1-15(2)23(7,14-24-21(28)29-22(4,5)6)26-20(27)12-17-8-10-18(11-9-17)19-13-30-16(3)25-19/h8-11,13,15H,12,14H2,1-7H3,(H,24,28)(H,26,27). The van der Waals surface area contributed by atoms with Gasteiger partial charge < -0.3 is 15.4 Å². The van der Waals surface area contributed by atoms with Gasteiger partial charge in [-0.3, -0.25) is 4.79 Å². The number of amides is 2. The average molecular weight is 432 g/mol. The highest BCUT2D eigenvalue weighted by Gasteiger charge is 2.31. The fraction of sp³-hybridized carbons (Fsp3) is 0.522. The summed E-state index contributed by atoms with van der Waals surface area (Å²) < 4.78 is 5.30. The minimum absolute atomic E-state index is 0.0885. The van der Waals surface area contributed by atoms with Crippen LogP contribution in [0, 0.1) is 12.8 Å². The second kappa shape index (κ2) is 9.60. The second-order valence-electron chi connectivity index (χ2n) is 9.10. The van der Waals surface area contributed by atoms with E-state index in [2.05, 4.69) is 15.6 Å². The van der Waals surface area contributed by atoms with Gasteiger partial charge in [0.2, 0.25) is 5.91 Å². The lowest BCUT2D eigenvalue weighted by molar-refractivity contribution is -0.122. The Morgan fingerprint density at radius 1 is 1.13 bits per heavy atom. The number of benzene rings is 1. The van der Waals surface area contributed by atoms with Crippen molar-refractivity contribution in [3.05, 3.63) is 40.2 Å². The Morgan fingerprint density at radius 3 is 2.27 bits per heavy atom. The van der Waals surface area contributed by atoms with Gasteiger partial charge in [0, 0.05) is 17.5 Å². The number of aromatic nitrogens is 1. The zero-order valence-electron chi connectivity index (χ0n) is 19.0. The van der Waals surface area contributed by atoms with E-state index in [4.69, 9.17) is 4.74 Å². The molecule has 1 heterocycles. The lowest BCUT2D eigenvalue weighted by atomic mass is 9.88. The largest absolute Gasteiger partial charge is 0.444 e. The molecular formula is C23H33N3O3S. The van der Waals surface area contributed by atoms with Crippen LogP contribution in [0.25, 0.3) is 11.3 Å². The smallest absolute Gasteiger partial charge is 0.407 e. The molecule has 7 heteroatoms. The number of ether oxygens (including phenoxy) is 1. The Balaban J connectivity index is 1.96. The third-order valence-electron chi connectivity index (χ3n) is 4.93. The number of nitrogens with zero attached hydrogens (tertiary/aromatic N) is 1. The molecule has 0 fully saturated rings. The summed E-state index contributed by atoms with van der Waals surface area (Å²) in [4.78, 5) is 29.2. The molecule has 0 saturated carbocycles. The summed E-state index contributed by atoms with van der Waals surface area (Å²) in [5.74, 6) is 0.0288. The maximum absolute atomic E-state index is 12.7. The van der Waals surface area contributed by atoms with Gasteiger partial charge >= 0.3 is 6.09 Å². The molecule has 2 amide bonds. The molecule has 2 aromatic rings. The molecule has 0 aliphatic rings. The molecule has 2 N–H and O–H groups in total. The van der Waals surface area contributed by atoms with Gasteiger partial charge in [0.15, 0.2) is 0 Å². The fourth-order valence-corrected chi connectivity index (χ4v) is 3.42. The summed E-state index contributed by atoms with van der Waals surface area (Å²) in [6, 6.07) is 7.89.